The fourth-order valence-electron chi connectivity index (χ4n) is 4.55. The maximum atomic E-state index is 12.7. The van der Waals surface area contributed by atoms with Gasteiger partial charge in [-0.25, -0.2) is 0 Å². The molecule has 1 unspecified atom stereocenters. The normalized spacial score (nSPS) is 15.1. The minimum atomic E-state index is -0.533. The molecule has 5 aromatic rings. The number of anilines is 4. The fourth-order valence-corrected chi connectivity index (χ4v) is 4.55. The number of carbonyl (C=O) groups is 2. The molecule has 12 heteroatoms. The Morgan fingerprint density at radius 2 is 1.92 bits per heavy atom. The van der Waals surface area contributed by atoms with Crippen molar-refractivity contribution in [2.45, 2.75) is 18.9 Å². The van der Waals surface area contributed by atoms with Gasteiger partial charge in [0.2, 0.25) is 17.8 Å². The number of aromatic amines is 1. The van der Waals surface area contributed by atoms with E-state index in [1.54, 1.807) is 36.5 Å². The van der Waals surface area contributed by atoms with E-state index in [2.05, 4.69) is 30.7 Å². The van der Waals surface area contributed by atoms with Crippen molar-refractivity contribution in [3.8, 4) is 0 Å². The fraction of sp³-hybridized carbons (Fsp3) is 0.154. The first-order chi connectivity index (χ1) is 18.5. The Balaban J connectivity index is 1.23. The van der Waals surface area contributed by atoms with Gasteiger partial charge in [0, 0.05) is 36.3 Å². The molecule has 12 nitrogen and oxygen atoms in total. The van der Waals surface area contributed by atoms with Gasteiger partial charge in [0.15, 0.2) is 5.82 Å². The maximum absolute atomic E-state index is 12.7. The number of aromatic nitrogens is 6. The van der Waals surface area contributed by atoms with E-state index in [-0.39, 0.29) is 17.6 Å². The Bertz CT molecular complexity index is 1610. The van der Waals surface area contributed by atoms with E-state index in [0.717, 1.165) is 30.7 Å². The molecule has 0 spiro atoms. The van der Waals surface area contributed by atoms with Gasteiger partial charge in [-0.15, -0.1) is 0 Å². The highest BCUT2D eigenvalue weighted by molar-refractivity contribution is 6.03. The molecule has 0 aliphatic carbocycles. The van der Waals surface area contributed by atoms with Crippen LogP contribution in [0, 0.1) is 0 Å². The second-order valence-electron chi connectivity index (χ2n) is 8.88. The number of amides is 2. The third-order valence-electron chi connectivity index (χ3n) is 6.40. The molecule has 1 fully saturated rings. The molecule has 2 amide bonds. The third-order valence-corrected chi connectivity index (χ3v) is 6.40. The van der Waals surface area contributed by atoms with Gasteiger partial charge < -0.3 is 21.3 Å². The molecule has 1 aromatic carbocycles. The van der Waals surface area contributed by atoms with E-state index in [9.17, 15) is 9.59 Å². The summed E-state index contributed by atoms with van der Waals surface area (Å²) in [6.45, 7) is 0.824. The van der Waals surface area contributed by atoms with E-state index >= 15 is 0 Å². The van der Waals surface area contributed by atoms with Gasteiger partial charge in [0.05, 0.1) is 11.7 Å². The van der Waals surface area contributed by atoms with Crippen LogP contribution in [0.2, 0.25) is 0 Å². The van der Waals surface area contributed by atoms with Gasteiger partial charge in [-0.2, -0.15) is 15.1 Å². The Morgan fingerprint density at radius 3 is 2.71 bits per heavy atom. The van der Waals surface area contributed by atoms with Crippen LogP contribution in [0.15, 0.2) is 73.1 Å². The van der Waals surface area contributed by atoms with E-state index < -0.39 is 5.91 Å². The molecule has 1 atom stereocenters. The predicted molar refractivity (Wildman–Crippen MR) is 141 cm³/mol. The van der Waals surface area contributed by atoms with Crippen LogP contribution in [0.25, 0.3) is 5.65 Å². The van der Waals surface area contributed by atoms with Crippen molar-refractivity contribution in [2.24, 2.45) is 5.73 Å². The zero-order valence-corrected chi connectivity index (χ0v) is 20.2. The van der Waals surface area contributed by atoms with Crippen LogP contribution in [-0.4, -0.2) is 47.9 Å². The summed E-state index contributed by atoms with van der Waals surface area (Å²) in [7, 11) is 0. The topological polar surface area (TPSA) is 159 Å². The van der Waals surface area contributed by atoms with Crippen LogP contribution in [0.4, 0.5) is 23.4 Å². The minimum Gasteiger partial charge on any atom is -0.366 e. The number of nitrogens with two attached hydrogens (primary N) is 1. The molecular weight excluding hydrogens is 484 g/mol. The average Bonchev–Trinajstić information content (AvgIpc) is 3.70. The van der Waals surface area contributed by atoms with Crippen LogP contribution in [-0.2, 0) is 0 Å². The summed E-state index contributed by atoms with van der Waals surface area (Å²) in [5.74, 6) is 0.611. The van der Waals surface area contributed by atoms with Gasteiger partial charge in [-0.3, -0.25) is 24.1 Å². The molecule has 0 bridgehead atoms. The zero-order valence-electron chi connectivity index (χ0n) is 20.2. The highest BCUT2D eigenvalue weighted by Crippen LogP contribution is 2.34. The number of H-pyrrole nitrogens is 1. The number of fused-ring (bicyclic) bond motifs is 1. The summed E-state index contributed by atoms with van der Waals surface area (Å²) in [4.78, 5) is 40.3. The average molecular weight is 509 g/mol. The van der Waals surface area contributed by atoms with E-state index in [1.165, 1.54) is 0 Å². The van der Waals surface area contributed by atoms with Crippen molar-refractivity contribution in [1.82, 2.24) is 29.5 Å². The summed E-state index contributed by atoms with van der Waals surface area (Å²) in [5, 5.41) is 12.9. The molecule has 5 heterocycles. The standard InChI is InChI=1S/C26H24N10O2/c27-23(37)16-8-10-17(11-9-16)29-24(38)19-15-21(34-33-19)30-25-32-26(31-22-7-4-14-36(22)25)35-13-3-6-20(35)18-5-1-2-12-28-18/h1-2,4-5,7-12,14-15,20H,3,6,13H2,(H2,27,37)(H,29,38)(H2,30,31,32,33,34). The largest absolute Gasteiger partial charge is 0.366 e. The van der Waals surface area contributed by atoms with Gasteiger partial charge >= 0.3 is 0 Å². The molecule has 1 aliphatic heterocycles. The number of carbonyl (C=O) groups excluding carboxylic acids is 2. The van der Waals surface area contributed by atoms with Gasteiger partial charge in [-0.1, -0.05) is 6.07 Å². The number of rotatable bonds is 7. The highest BCUT2D eigenvalue weighted by atomic mass is 16.2. The van der Waals surface area contributed by atoms with Gasteiger partial charge in [0.25, 0.3) is 5.91 Å². The summed E-state index contributed by atoms with van der Waals surface area (Å²) in [6, 6.07) is 17.7. The first-order valence-electron chi connectivity index (χ1n) is 12.1. The smallest absolute Gasteiger partial charge is 0.273 e. The monoisotopic (exact) mass is 508 g/mol. The Morgan fingerprint density at radius 1 is 1.05 bits per heavy atom. The van der Waals surface area contributed by atoms with E-state index in [1.807, 2.05) is 40.9 Å². The van der Waals surface area contributed by atoms with Crippen LogP contribution >= 0.6 is 0 Å². The molecular formula is C26H24N10O2. The van der Waals surface area contributed by atoms with E-state index in [0.29, 0.717) is 29.0 Å². The van der Waals surface area contributed by atoms with Crippen molar-refractivity contribution in [3.05, 3.63) is 90.0 Å². The summed E-state index contributed by atoms with van der Waals surface area (Å²) < 4.78 is 1.82. The lowest BCUT2D eigenvalue weighted by molar-refractivity contribution is 0.0998. The van der Waals surface area contributed by atoms with Crippen molar-refractivity contribution < 1.29 is 9.59 Å². The maximum Gasteiger partial charge on any atom is 0.273 e. The van der Waals surface area contributed by atoms with E-state index in [4.69, 9.17) is 15.7 Å². The number of pyridine rings is 1. The summed E-state index contributed by atoms with van der Waals surface area (Å²) >= 11 is 0. The van der Waals surface area contributed by atoms with Crippen LogP contribution in [0.1, 0.15) is 45.4 Å². The lowest BCUT2D eigenvalue weighted by atomic mass is 10.1. The number of hydrogen-bond acceptors (Lipinski definition) is 8. The number of nitrogens with zero attached hydrogens (tertiary/aromatic N) is 6. The lowest BCUT2D eigenvalue weighted by Gasteiger charge is -2.24. The molecule has 0 saturated carbocycles. The Hall–Kier alpha value is -5.26. The SMILES string of the molecule is NC(=O)c1ccc(NC(=O)c2cc(Nc3nc(N4CCCC4c4ccccn4)nc4cccn34)n[nH]2)cc1. The minimum absolute atomic E-state index is 0.0965. The molecule has 190 valence electrons. The Labute approximate surface area is 216 Å². The van der Waals surface area contributed by atoms with Gasteiger partial charge in [-0.05, 0) is 61.4 Å². The summed E-state index contributed by atoms with van der Waals surface area (Å²) in [6.07, 6.45) is 5.65. The Kier molecular flexibility index (Phi) is 5.88. The van der Waals surface area contributed by atoms with Gasteiger partial charge in [0.1, 0.15) is 11.3 Å². The van der Waals surface area contributed by atoms with Crippen molar-refractivity contribution in [1.29, 1.82) is 0 Å². The second-order valence-corrected chi connectivity index (χ2v) is 8.88. The molecule has 5 N–H and O–H groups in total. The molecule has 6 rings (SSSR count). The number of primary amides is 1. The van der Waals surface area contributed by atoms with Crippen LogP contribution in [0.3, 0.4) is 0 Å². The van der Waals surface area contributed by atoms with Crippen molar-refractivity contribution in [2.75, 3.05) is 22.1 Å². The molecule has 1 aliphatic rings. The second kappa shape index (κ2) is 9.65. The third kappa shape index (κ3) is 4.50. The predicted octanol–water partition coefficient (Wildman–Crippen LogP) is 3.28. The number of nitrogens with one attached hydrogen (secondary N) is 3. The van der Waals surface area contributed by atoms with Crippen molar-refractivity contribution >= 4 is 40.9 Å². The highest BCUT2D eigenvalue weighted by Gasteiger charge is 2.30. The lowest BCUT2D eigenvalue weighted by Crippen LogP contribution is -2.26. The molecule has 1 saturated heterocycles. The molecule has 4 aromatic heterocycles. The first kappa shape index (κ1) is 23.2. The van der Waals surface area contributed by atoms with Crippen molar-refractivity contribution in [3.63, 3.8) is 0 Å². The zero-order chi connectivity index (χ0) is 26.1. The number of benzene rings is 1. The number of hydrogen-bond donors (Lipinski definition) is 4. The first-order valence-corrected chi connectivity index (χ1v) is 12.1. The molecule has 0 radical (unpaired) electrons. The molecule has 38 heavy (non-hydrogen) atoms. The quantitative estimate of drug-likeness (QED) is 0.261. The summed E-state index contributed by atoms with van der Waals surface area (Å²) in [5.41, 5.74) is 8.12. The van der Waals surface area contributed by atoms with Crippen LogP contribution < -0.4 is 21.3 Å². The van der Waals surface area contributed by atoms with Crippen LogP contribution in [0.5, 0.6) is 0 Å².